The highest BCUT2D eigenvalue weighted by atomic mass is 16.6. The number of unbranched alkanes of at least 4 members (excludes halogenated alkanes) is 3. The Labute approximate surface area is 229 Å². The van der Waals surface area contributed by atoms with Crippen LogP contribution in [-0.2, 0) is 38.5 Å². The van der Waals surface area contributed by atoms with Crippen molar-refractivity contribution < 1.29 is 19.1 Å². The molecule has 0 aromatic heterocycles. The second-order valence-electron chi connectivity index (χ2n) is 9.65. The third kappa shape index (κ3) is 9.38. The maximum absolute atomic E-state index is 12.4. The molecule has 0 aliphatic rings. The van der Waals surface area contributed by atoms with E-state index >= 15 is 0 Å². The summed E-state index contributed by atoms with van der Waals surface area (Å²) in [5.74, 6) is 1.42. The van der Waals surface area contributed by atoms with Gasteiger partial charge in [-0.2, -0.15) is 0 Å². The standard InChI is InChI=1S/C32H48N2O4/c1-7-23-19-25(9-3)29(26(10-4)20-23)37-31(35)33-17-15-13-14-16-18-34-32(36)38-30-27(11-5)21-24(8-2)22-28(30)12-6/h19-22H,7-18H2,1-6H3,(H,33,35)(H,34,36). The Morgan fingerprint density at radius 3 is 1.11 bits per heavy atom. The first kappa shape index (κ1) is 31.2. The van der Waals surface area contributed by atoms with Crippen LogP contribution < -0.4 is 20.1 Å². The van der Waals surface area contributed by atoms with E-state index in [0.717, 1.165) is 86.5 Å². The molecule has 0 fully saturated rings. The molecule has 0 atom stereocenters. The number of rotatable bonds is 15. The quantitative estimate of drug-likeness (QED) is 0.237. The van der Waals surface area contributed by atoms with Crippen molar-refractivity contribution >= 4 is 12.2 Å². The maximum Gasteiger partial charge on any atom is 0.412 e. The summed E-state index contributed by atoms with van der Waals surface area (Å²) in [7, 11) is 0. The molecular weight excluding hydrogens is 476 g/mol. The number of nitrogens with one attached hydrogen (secondary N) is 2. The van der Waals surface area contributed by atoms with Gasteiger partial charge in [0.1, 0.15) is 11.5 Å². The molecule has 210 valence electrons. The molecule has 2 amide bonds. The molecule has 0 spiro atoms. The second-order valence-corrected chi connectivity index (χ2v) is 9.65. The minimum Gasteiger partial charge on any atom is -0.410 e. The number of aryl methyl sites for hydroxylation is 6. The minimum atomic E-state index is -0.395. The van der Waals surface area contributed by atoms with Crippen LogP contribution in [0.2, 0.25) is 0 Å². The summed E-state index contributed by atoms with van der Waals surface area (Å²) in [6.45, 7) is 13.8. The highest BCUT2D eigenvalue weighted by Crippen LogP contribution is 2.29. The van der Waals surface area contributed by atoms with Crippen molar-refractivity contribution in [2.24, 2.45) is 0 Å². The van der Waals surface area contributed by atoms with E-state index in [1.165, 1.54) is 11.1 Å². The molecule has 2 aromatic rings. The first-order valence-corrected chi connectivity index (χ1v) is 14.6. The van der Waals surface area contributed by atoms with Crippen molar-refractivity contribution in [3.05, 3.63) is 57.6 Å². The first-order valence-electron chi connectivity index (χ1n) is 14.6. The van der Waals surface area contributed by atoms with Gasteiger partial charge in [-0.1, -0.05) is 78.6 Å². The van der Waals surface area contributed by atoms with E-state index in [1.54, 1.807) is 0 Å². The lowest BCUT2D eigenvalue weighted by molar-refractivity contribution is 0.198. The molecule has 0 aliphatic heterocycles. The number of carbonyl (C=O) groups is 2. The fraction of sp³-hybridized carbons (Fsp3) is 0.562. The lowest BCUT2D eigenvalue weighted by Gasteiger charge is -2.16. The molecule has 0 saturated carbocycles. The zero-order chi connectivity index (χ0) is 27.9. The smallest absolute Gasteiger partial charge is 0.410 e. The summed E-state index contributed by atoms with van der Waals surface area (Å²) >= 11 is 0. The highest BCUT2D eigenvalue weighted by Gasteiger charge is 2.15. The largest absolute Gasteiger partial charge is 0.412 e. The molecule has 2 N–H and O–H groups in total. The lowest BCUT2D eigenvalue weighted by atomic mass is 9.99. The average Bonchev–Trinajstić information content (AvgIpc) is 2.94. The number of benzene rings is 2. The molecule has 0 saturated heterocycles. The van der Waals surface area contributed by atoms with E-state index in [2.05, 4.69) is 76.4 Å². The monoisotopic (exact) mass is 524 g/mol. The average molecular weight is 525 g/mol. The molecule has 0 heterocycles. The van der Waals surface area contributed by atoms with Crippen LogP contribution in [0.1, 0.15) is 101 Å². The van der Waals surface area contributed by atoms with Gasteiger partial charge in [0.25, 0.3) is 0 Å². The molecule has 6 heteroatoms. The summed E-state index contributed by atoms with van der Waals surface area (Å²) < 4.78 is 11.4. The van der Waals surface area contributed by atoms with Gasteiger partial charge in [-0.15, -0.1) is 0 Å². The molecule has 0 bridgehead atoms. The van der Waals surface area contributed by atoms with Gasteiger partial charge >= 0.3 is 12.2 Å². The van der Waals surface area contributed by atoms with Crippen molar-refractivity contribution in [3.8, 4) is 11.5 Å². The van der Waals surface area contributed by atoms with Crippen LogP contribution in [0, 0.1) is 0 Å². The molecule has 0 aliphatic carbocycles. The number of hydrogen-bond donors (Lipinski definition) is 2. The van der Waals surface area contributed by atoms with Gasteiger partial charge in [0.15, 0.2) is 0 Å². The Kier molecular flexibility index (Phi) is 13.7. The van der Waals surface area contributed by atoms with Gasteiger partial charge in [0.05, 0.1) is 0 Å². The number of amides is 2. The third-order valence-electron chi connectivity index (χ3n) is 6.98. The fourth-order valence-corrected chi connectivity index (χ4v) is 4.62. The van der Waals surface area contributed by atoms with Crippen LogP contribution >= 0.6 is 0 Å². The van der Waals surface area contributed by atoms with Crippen molar-refractivity contribution in [2.75, 3.05) is 13.1 Å². The maximum atomic E-state index is 12.4. The number of hydrogen-bond acceptors (Lipinski definition) is 4. The Hall–Kier alpha value is -3.02. The zero-order valence-corrected chi connectivity index (χ0v) is 24.4. The molecule has 6 nitrogen and oxygen atoms in total. The summed E-state index contributed by atoms with van der Waals surface area (Å²) in [6.07, 6.45) is 8.10. The first-order chi connectivity index (χ1) is 18.4. The fourth-order valence-electron chi connectivity index (χ4n) is 4.62. The second kappa shape index (κ2) is 16.7. The zero-order valence-electron chi connectivity index (χ0n) is 24.4. The van der Waals surface area contributed by atoms with E-state index in [0.29, 0.717) is 24.6 Å². The van der Waals surface area contributed by atoms with Crippen LogP contribution in [0.3, 0.4) is 0 Å². The van der Waals surface area contributed by atoms with Crippen LogP contribution in [0.15, 0.2) is 24.3 Å². The van der Waals surface area contributed by atoms with Gasteiger partial charge in [0.2, 0.25) is 0 Å². The highest BCUT2D eigenvalue weighted by molar-refractivity contribution is 5.72. The summed E-state index contributed by atoms with van der Waals surface area (Å²) in [5.41, 5.74) is 6.87. The van der Waals surface area contributed by atoms with Crippen LogP contribution in [-0.4, -0.2) is 25.3 Å². The Morgan fingerprint density at radius 1 is 0.526 bits per heavy atom. The predicted molar refractivity (Wildman–Crippen MR) is 156 cm³/mol. The van der Waals surface area contributed by atoms with Crippen LogP contribution in [0.4, 0.5) is 9.59 Å². The summed E-state index contributed by atoms with van der Waals surface area (Å²) in [5, 5.41) is 5.76. The Balaban J connectivity index is 1.68. The SMILES string of the molecule is CCc1cc(CC)c(OC(=O)NCCCCCCNC(=O)Oc2c(CC)cc(CC)cc2CC)c(CC)c1. The summed E-state index contributed by atoms with van der Waals surface area (Å²) in [4.78, 5) is 24.8. The molecule has 38 heavy (non-hydrogen) atoms. The van der Waals surface area contributed by atoms with Gasteiger partial charge < -0.3 is 20.1 Å². The minimum absolute atomic E-state index is 0.395. The van der Waals surface area contributed by atoms with Crippen molar-refractivity contribution in [1.82, 2.24) is 10.6 Å². The van der Waals surface area contributed by atoms with E-state index < -0.39 is 12.2 Å². The van der Waals surface area contributed by atoms with Crippen molar-refractivity contribution in [3.63, 3.8) is 0 Å². The molecule has 0 radical (unpaired) electrons. The van der Waals surface area contributed by atoms with Gasteiger partial charge in [-0.25, -0.2) is 9.59 Å². The van der Waals surface area contributed by atoms with E-state index in [9.17, 15) is 9.59 Å². The van der Waals surface area contributed by atoms with Crippen LogP contribution in [0.5, 0.6) is 11.5 Å². The van der Waals surface area contributed by atoms with E-state index in [-0.39, 0.29) is 0 Å². The molecule has 2 rings (SSSR count). The lowest BCUT2D eigenvalue weighted by Crippen LogP contribution is -2.29. The predicted octanol–water partition coefficient (Wildman–Crippen LogP) is 7.50. The van der Waals surface area contributed by atoms with Gasteiger partial charge in [-0.3, -0.25) is 0 Å². The Bertz CT molecular complexity index is 914. The van der Waals surface area contributed by atoms with E-state index in [4.69, 9.17) is 9.47 Å². The van der Waals surface area contributed by atoms with Gasteiger partial charge in [-0.05, 0) is 84.7 Å². The van der Waals surface area contributed by atoms with E-state index in [1.807, 2.05) is 0 Å². The van der Waals surface area contributed by atoms with Crippen molar-refractivity contribution in [1.29, 1.82) is 0 Å². The third-order valence-corrected chi connectivity index (χ3v) is 6.98. The Morgan fingerprint density at radius 2 is 0.842 bits per heavy atom. The van der Waals surface area contributed by atoms with Gasteiger partial charge in [0, 0.05) is 13.1 Å². The molecular formula is C32H48N2O4. The number of carbonyl (C=O) groups excluding carboxylic acids is 2. The number of ether oxygens (including phenoxy) is 2. The molecule has 2 aromatic carbocycles. The topological polar surface area (TPSA) is 76.7 Å². The van der Waals surface area contributed by atoms with Crippen molar-refractivity contribution in [2.45, 2.75) is 106 Å². The molecule has 0 unspecified atom stereocenters. The summed E-state index contributed by atoms with van der Waals surface area (Å²) in [6, 6.07) is 8.55. The van der Waals surface area contributed by atoms with Crippen LogP contribution in [0.25, 0.3) is 0 Å². The normalized spacial score (nSPS) is 10.8.